The van der Waals surface area contributed by atoms with Crippen molar-refractivity contribution < 1.29 is 19.2 Å². The Kier molecular flexibility index (Phi) is 3.61. The molecule has 0 saturated heterocycles. The molecule has 0 aliphatic rings. The number of rotatable bonds is 5. The summed E-state index contributed by atoms with van der Waals surface area (Å²) >= 11 is 1.01. The first-order valence-electron chi connectivity index (χ1n) is 5.38. The number of hydrogen-bond acceptors (Lipinski definition) is 7. The van der Waals surface area contributed by atoms with Crippen molar-refractivity contribution in [3.63, 3.8) is 0 Å². The summed E-state index contributed by atoms with van der Waals surface area (Å²) in [6, 6.07) is 1.75. The smallest absolute Gasteiger partial charge is 0.356 e. The number of Topliss-reactive ketones (excluding diaryl/α,β-unsaturated/α-hetero) is 1. The van der Waals surface area contributed by atoms with Crippen molar-refractivity contribution in [2.24, 2.45) is 0 Å². The van der Waals surface area contributed by atoms with Crippen LogP contribution in [0.3, 0.4) is 0 Å². The number of carboxylic acids is 1. The molecule has 0 unspecified atom stereocenters. The van der Waals surface area contributed by atoms with Gasteiger partial charge in [-0.3, -0.25) is 4.79 Å². The number of aromatic carboxylic acids is 1. The van der Waals surface area contributed by atoms with E-state index in [1.54, 1.807) is 13.0 Å². The van der Waals surface area contributed by atoms with Gasteiger partial charge in [0.15, 0.2) is 22.4 Å². The van der Waals surface area contributed by atoms with Crippen molar-refractivity contribution in [1.29, 1.82) is 0 Å². The van der Waals surface area contributed by atoms with E-state index in [-0.39, 0.29) is 16.4 Å². The van der Waals surface area contributed by atoms with Gasteiger partial charge in [0.25, 0.3) is 0 Å². The molecular weight excluding hydrogens is 270 g/mol. The fourth-order valence-electron chi connectivity index (χ4n) is 1.44. The van der Waals surface area contributed by atoms with Gasteiger partial charge in [0.05, 0.1) is 12.2 Å². The summed E-state index contributed by atoms with van der Waals surface area (Å²) in [6.07, 6.45) is 0. The largest absolute Gasteiger partial charge is 0.476 e. The maximum atomic E-state index is 11.3. The fourth-order valence-corrected chi connectivity index (χ4v) is 2.29. The first-order chi connectivity index (χ1) is 8.97. The van der Waals surface area contributed by atoms with Gasteiger partial charge >= 0.3 is 5.97 Å². The second kappa shape index (κ2) is 5.19. The van der Waals surface area contributed by atoms with Crippen LogP contribution in [0.15, 0.2) is 10.6 Å². The Morgan fingerprint density at radius 3 is 2.74 bits per heavy atom. The van der Waals surface area contributed by atoms with Gasteiger partial charge in [-0.1, -0.05) is 16.5 Å². The number of nitrogens with one attached hydrogen (secondary N) is 1. The molecule has 0 spiro atoms. The van der Waals surface area contributed by atoms with Crippen LogP contribution < -0.4 is 5.32 Å². The maximum absolute atomic E-state index is 11.3. The SMILES string of the molecule is CC(=O)c1sc(NCc2cc(C)no2)nc1C(=O)O. The lowest BCUT2D eigenvalue weighted by molar-refractivity contribution is 0.0687. The number of ketones is 1. The van der Waals surface area contributed by atoms with Crippen molar-refractivity contribution >= 4 is 28.2 Å². The van der Waals surface area contributed by atoms with E-state index in [0.29, 0.717) is 17.4 Å². The summed E-state index contributed by atoms with van der Waals surface area (Å²) in [4.78, 5) is 26.3. The van der Waals surface area contributed by atoms with Crippen LogP contribution in [-0.2, 0) is 6.54 Å². The number of aromatic nitrogens is 2. The fraction of sp³-hybridized carbons (Fsp3) is 0.273. The van der Waals surface area contributed by atoms with Crippen molar-refractivity contribution in [3.8, 4) is 0 Å². The first kappa shape index (κ1) is 13.2. The van der Waals surface area contributed by atoms with Crippen molar-refractivity contribution in [2.75, 3.05) is 5.32 Å². The van der Waals surface area contributed by atoms with Crippen LogP contribution in [0.4, 0.5) is 5.13 Å². The van der Waals surface area contributed by atoms with E-state index in [9.17, 15) is 9.59 Å². The average Bonchev–Trinajstić information content (AvgIpc) is 2.92. The molecular formula is C11H11N3O4S. The van der Waals surface area contributed by atoms with Crippen LogP contribution in [0.25, 0.3) is 0 Å². The number of carboxylic acid groups (broad SMARTS) is 1. The maximum Gasteiger partial charge on any atom is 0.356 e. The Morgan fingerprint density at radius 2 is 2.26 bits per heavy atom. The van der Waals surface area contributed by atoms with E-state index in [0.717, 1.165) is 17.0 Å². The zero-order valence-electron chi connectivity index (χ0n) is 10.3. The predicted octanol–water partition coefficient (Wildman–Crippen LogP) is 1.95. The molecule has 2 aromatic heterocycles. The van der Waals surface area contributed by atoms with Gasteiger partial charge in [-0.2, -0.15) is 0 Å². The summed E-state index contributed by atoms with van der Waals surface area (Å²) in [5, 5.41) is 15.9. The molecule has 2 aromatic rings. The standard InChI is InChI=1S/C11H11N3O4S/c1-5-3-7(18-14-5)4-12-11-13-8(10(16)17)9(19-11)6(2)15/h3H,4H2,1-2H3,(H,12,13)(H,16,17). The van der Waals surface area contributed by atoms with E-state index in [4.69, 9.17) is 9.63 Å². The molecule has 0 atom stereocenters. The van der Waals surface area contributed by atoms with Crippen LogP contribution in [0.1, 0.15) is 38.5 Å². The third-order valence-electron chi connectivity index (χ3n) is 2.24. The van der Waals surface area contributed by atoms with Crippen molar-refractivity contribution in [2.45, 2.75) is 20.4 Å². The number of carbonyl (C=O) groups excluding carboxylic acids is 1. The third kappa shape index (κ3) is 2.97. The minimum absolute atomic E-state index is 0.128. The minimum Gasteiger partial charge on any atom is -0.476 e. The van der Waals surface area contributed by atoms with Gasteiger partial charge in [0, 0.05) is 13.0 Å². The van der Waals surface area contributed by atoms with Gasteiger partial charge in [-0.05, 0) is 6.92 Å². The van der Waals surface area contributed by atoms with Gasteiger partial charge in [-0.25, -0.2) is 9.78 Å². The molecule has 7 nitrogen and oxygen atoms in total. The Bertz CT molecular complexity index is 600. The first-order valence-corrected chi connectivity index (χ1v) is 6.20. The Balaban J connectivity index is 2.15. The highest BCUT2D eigenvalue weighted by atomic mass is 32.1. The van der Waals surface area contributed by atoms with Crippen molar-refractivity contribution in [1.82, 2.24) is 10.1 Å². The quantitative estimate of drug-likeness (QED) is 0.807. The van der Waals surface area contributed by atoms with Crippen LogP contribution in [0, 0.1) is 6.92 Å². The molecule has 0 amide bonds. The number of hydrogen-bond donors (Lipinski definition) is 2. The van der Waals surface area contributed by atoms with E-state index in [1.165, 1.54) is 6.92 Å². The molecule has 2 rings (SSSR count). The summed E-state index contributed by atoms with van der Waals surface area (Å²) in [6.45, 7) is 3.43. The highest BCUT2D eigenvalue weighted by molar-refractivity contribution is 7.17. The molecule has 0 aromatic carbocycles. The normalized spacial score (nSPS) is 10.4. The van der Waals surface area contributed by atoms with Crippen LogP contribution >= 0.6 is 11.3 Å². The monoisotopic (exact) mass is 281 g/mol. The second-order valence-corrected chi connectivity index (χ2v) is 4.85. The second-order valence-electron chi connectivity index (χ2n) is 3.85. The lowest BCUT2D eigenvalue weighted by Gasteiger charge is -1.96. The molecule has 0 aliphatic carbocycles. The van der Waals surface area contributed by atoms with Crippen LogP contribution in [0.5, 0.6) is 0 Å². The van der Waals surface area contributed by atoms with E-state index >= 15 is 0 Å². The number of aryl methyl sites for hydroxylation is 1. The molecule has 0 radical (unpaired) electrons. The molecule has 8 heteroatoms. The van der Waals surface area contributed by atoms with Crippen LogP contribution in [0.2, 0.25) is 0 Å². The lowest BCUT2D eigenvalue weighted by Crippen LogP contribution is -2.04. The number of carbonyl (C=O) groups is 2. The molecule has 19 heavy (non-hydrogen) atoms. The minimum atomic E-state index is -1.22. The van der Waals surface area contributed by atoms with Gasteiger partial charge in [0.2, 0.25) is 0 Å². The number of thiazole rings is 1. The average molecular weight is 281 g/mol. The highest BCUT2D eigenvalue weighted by Gasteiger charge is 2.20. The van der Waals surface area contributed by atoms with Crippen LogP contribution in [-0.4, -0.2) is 27.0 Å². The zero-order chi connectivity index (χ0) is 14.0. The van der Waals surface area contributed by atoms with Gasteiger partial charge in [-0.15, -0.1) is 0 Å². The topological polar surface area (TPSA) is 105 Å². The zero-order valence-corrected chi connectivity index (χ0v) is 11.1. The van der Waals surface area contributed by atoms with E-state index in [1.807, 2.05) is 0 Å². The number of anilines is 1. The molecule has 100 valence electrons. The molecule has 0 fully saturated rings. The molecule has 0 saturated carbocycles. The Hall–Kier alpha value is -2.22. The van der Waals surface area contributed by atoms with Gasteiger partial charge in [0.1, 0.15) is 4.88 Å². The van der Waals surface area contributed by atoms with Crippen molar-refractivity contribution in [3.05, 3.63) is 28.1 Å². The molecule has 2 N–H and O–H groups in total. The third-order valence-corrected chi connectivity index (χ3v) is 3.35. The summed E-state index contributed by atoms with van der Waals surface area (Å²) in [5.41, 5.74) is 0.528. The molecule has 0 bridgehead atoms. The summed E-state index contributed by atoms with van der Waals surface area (Å²) in [5.74, 6) is -0.933. The summed E-state index contributed by atoms with van der Waals surface area (Å²) in [7, 11) is 0. The highest BCUT2D eigenvalue weighted by Crippen LogP contribution is 2.24. The molecule has 0 aliphatic heterocycles. The van der Waals surface area contributed by atoms with E-state index < -0.39 is 5.97 Å². The summed E-state index contributed by atoms with van der Waals surface area (Å²) < 4.78 is 5.00. The predicted molar refractivity (Wildman–Crippen MR) is 67.6 cm³/mol. The molecule has 2 heterocycles. The van der Waals surface area contributed by atoms with Gasteiger partial charge < -0.3 is 14.9 Å². The lowest BCUT2D eigenvalue weighted by atomic mass is 10.3. The Labute approximate surface area is 112 Å². The Morgan fingerprint density at radius 1 is 1.53 bits per heavy atom. The van der Waals surface area contributed by atoms with E-state index in [2.05, 4.69) is 15.5 Å². The number of nitrogens with zero attached hydrogens (tertiary/aromatic N) is 2.